The number of hydrogen-bond donors (Lipinski definition) is 1. The molecule has 1 heterocycles. The lowest BCUT2D eigenvalue weighted by molar-refractivity contribution is 0.254. The third kappa shape index (κ3) is 4.16. The van der Waals surface area contributed by atoms with Gasteiger partial charge >= 0.3 is 0 Å². The molecule has 0 N–H and O–H groups in total. The maximum Gasteiger partial charge on any atom is 0.157 e. The van der Waals surface area contributed by atoms with Crippen molar-refractivity contribution < 1.29 is 4.74 Å². The maximum absolute atomic E-state index is 5.66. The lowest BCUT2D eigenvalue weighted by Crippen LogP contribution is -2.13. The van der Waals surface area contributed by atoms with E-state index in [-0.39, 0.29) is 0 Å². The van der Waals surface area contributed by atoms with Crippen molar-refractivity contribution >= 4 is 12.6 Å². The van der Waals surface area contributed by atoms with Gasteiger partial charge in [-0.2, -0.15) is 17.7 Å². The zero-order chi connectivity index (χ0) is 11.1. The van der Waals surface area contributed by atoms with Gasteiger partial charge in [-0.25, -0.2) is 0 Å². The molecule has 0 radical (unpaired) electrons. The van der Waals surface area contributed by atoms with Crippen LogP contribution in [0.2, 0.25) is 0 Å². The predicted octanol–water partition coefficient (Wildman–Crippen LogP) is 2.63. The fraction of sp³-hybridized carbons (Fsp3) is 0.727. The first-order valence-corrected chi connectivity index (χ1v) is 6.19. The molecule has 86 valence electrons. The molecule has 1 atom stereocenters. The van der Waals surface area contributed by atoms with Crippen molar-refractivity contribution in [3.8, 4) is 5.75 Å². The highest BCUT2D eigenvalue weighted by Gasteiger charge is 2.07. The summed E-state index contributed by atoms with van der Waals surface area (Å²) in [7, 11) is 0. The van der Waals surface area contributed by atoms with E-state index in [9.17, 15) is 0 Å². The van der Waals surface area contributed by atoms with Crippen LogP contribution in [0.4, 0.5) is 0 Å². The number of rotatable bonds is 7. The van der Waals surface area contributed by atoms with Crippen LogP contribution in [0.3, 0.4) is 0 Å². The molecule has 0 saturated carbocycles. The molecule has 1 aromatic heterocycles. The summed E-state index contributed by atoms with van der Waals surface area (Å²) >= 11 is 4.32. The Hall–Kier alpha value is -0.640. The van der Waals surface area contributed by atoms with Crippen LogP contribution < -0.4 is 4.74 Å². The largest absolute Gasteiger partial charge is 0.490 e. The van der Waals surface area contributed by atoms with Gasteiger partial charge in [-0.3, -0.25) is 4.68 Å². The van der Waals surface area contributed by atoms with E-state index in [0.29, 0.717) is 5.92 Å². The highest BCUT2D eigenvalue weighted by Crippen LogP contribution is 2.13. The molecule has 0 aliphatic rings. The SMILES string of the molecule is CCCC(CS)COc1cnn(CC)c1. The van der Waals surface area contributed by atoms with Gasteiger partial charge in [0, 0.05) is 12.5 Å². The number of nitrogens with zero attached hydrogens (tertiary/aromatic N) is 2. The Morgan fingerprint density at radius 3 is 2.87 bits per heavy atom. The first-order chi connectivity index (χ1) is 7.30. The van der Waals surface area contributed by atoms with E-state index in [2.05, 4.69) is 31.6 Å². The van der Waals surface area contributed by atoms with Crippen LogP contribution >= 0.6 is 12.6 Å². The van der Waals surface area contributed by atoms with Crippen molar-refractivity contribution in [1.29, 1.82) is 0 Å². The van der Waals surface area contributed by atoms with Crippen molar-refractivity contribution in [1.82, 2.24) is 9.78 Å². The van der Waals surface area contributed by atoms with Crippen LogP contribution in [0.15, 0.2) is 12.4 Å². The van der Waals surface area contributed by atoms with Crippen LogP contribution in [0, 0.1) is 5.92 Å². The summed E-state index contributed by atoms with van der Waals surface area (Å²) in [5.41, 5.74) is 0. The third-order valence-corrected chi connectivity index (χ3v) is 2.89. The van der Waals surface area contributed by atoms with Gasteiger partial charge in [-0.1, -0.05) is 13.3 Å². The highest BCUT2D eigenvalue weighted by atomic mass is 32.1. The maximum atomic E-state index is 5.66. The average molecular weight is 228 g/mol. The van der Waals surface area contributed by atoms with Gasteiger partial charge in [0.25, 0.3) is 0 Å². The normalized spacial score (nSPS) is 12.7. The summed E-state index contributed by atoms with van der Waals surface area (Å²) in [5.74, 6) is 2.29. The van der Waals surface area contributed by atoms with E-state index in [1.807, 2.05) is 10.9 Å². The first kappa shape index (κ1) is 12.4. The Morgan fingerprint density at radius 1 is 1.53 bits per heavy atom. The zero-order valence-corrected chi connectivity index (χ0v) is 10.4. The fourth-order valence-corrected chi connectivity index (χ4v) is 1.73. The lowest BCUT2D eigenvalue weighted by atomic mass is 10.1. The standard InChI is InChI=1S/C11H20N2OS/c1-3-5-10(9-15)8-14-11-6-12-13(4-2)7-11/h6-7,10,15H,3-5,8-9H2,1-2H3. The molecule has 0 aliphatic carbocycles. The van der Waals surface area contributed by atoms with Gasteiger partial charge < -0.3 is 4.74 Å². The lowest BCUT2D eigenvalue weighted by Gasteiger charge is -2.13. The fourth-order valence-electron chi connectivity index (χ4n) is 1.44. The third-order valence-electron chi connectivity index (χ3n) is 2.37. The van der Waals surface area contributed by atoms with Crippen LogP contribution in [-0.2, 0) is 6.54 Å². The molecular formula is C11H20N2OS. The van der Waals surface area contributed by atoms with Gasteiger partial charge in [0.1, 0.15) is 0 Å². The Balaban J connectivity index is 2.34. The Kier molecular flexibility index (Phi) is 5.61. The smallest absolute Gasteiger partial charge is 0.157 e. The minimum Gasteiger partial charge on any atom is -0.490 e. The second-order valence-electron chi connectivity index (χ2n) is 3.68. The molecule has 0 amide bonds. The summed E-state index contributed by atoms with van der Waals surface area (Å²) in [6.07, 6.45) is 6.06. The Bertz CT molecular complexity index is 275. The van der Waals surface area contributed by atoms with Gasteiger partial charge in [0.2, 0.25) is 0 Å². The first-order valence-electron chi connectivity index (χ1n) is 5.56. The second-order valence-corrected chi connectivity index (χ2v) is 4.05. The molecule has 3 nitrogen and oxygen atoms in total. The van der Waals surface area contributed by atoms with Crippen molar-refractivity contribution in [3.05, 3.63) is 12.4 Å². The molecule has 0 aliphatic heterocycles. The minimum atomic E-state index is 0.545. The Labute approximate surface area is 97.2 Å². The summed E-state index contributed by atoms with van der Waals surface area (Å²) in [4.78, 5) is 0. The summed E-state index contributed by atoms with van der Waals surface area (Å²) in [6.45, 7) is 5.87. The van der Waals surface area contributed by atoms with Crippen LogP contribution in [0.5, 0.6) is 5.75 Å². The van der Waals surface area contributed by atoms with Gasteiger partial charge in [-0.05, 0) is 19.1 Å². The molecule has 1 unspecified atom stereocenters. The molecule has 0 spiro atoms. The van der Waals surface area contributed by atoms with E-state index >= 15 is 0 Å². The second kappa shape index (κ2) is 6.77. The molecule has 1 rings (SSSR count). The molecule has 0 saturated heterocycles. The molecule has 0 bridgehead atoms. The molecule has 1 aromatic rings. The number of aryl methyl sites for hydroxylation is 1. The van der Waals surface area contributed by atoms with Crippen molar-refractivity contribution in [2.24, 2.45) is 5.92 Å². The van der Waals surface area contributed by atoms with Gasteiger partial charge in [-0.15, -0.1) is 0 Å². The minimum absolute atomic E-state index is 0.545. The molecule has 15 heavy (non-hydrogen) atoms. The monoisotopic (exact) mass is 228 g/mol. The van der Waals surface area contributed by atoms with Gasteiger partial charge in [0.05, 0.1) is 19.0 Å². The van der Waals surface area contributed by atoms with Crippen LogP contribution in [0.1, 0.15) is 26.7 Å². The van der Waals surface area contributed by atoms with Gasteiger partial charge in [0.15, 0.2) is 5.75 Å². The summed E-state index contributed by atoms with van der Waals surface area (Å²) in [5, 5.41) is 4.16. The quantitative estimate of drug-likeness (QED) is 0.726. The van der Waals surface area contributed by atoms with E-state index in [0.717, 1.165) is 24.7 Å². The summed E-state index contributed by atoms with van der Waals surface area (Å²) < 4.78 is 7.53. The highest BCUT2D eigenvalue weighted by molar-refractivity contribution is 7.80. The van der Waals surface area contributed by atoms with Crippen LogP contribution in [0.25, 0.3) is 0 Å². The van der Waals surface area contributed by atoms with E-state index in [1.54, 1.807) is 6.20 Å². The Morgan fingerprint density at radius 2 is 2.33 bits per heavy atom. The van der Waals surface area contributed by atoms with E-state index < -0.39 is 0 Å². The topological polar surface area (TPSA) is 27.1 Å². The number of ether oxygens (including phenoxy) is 1. The van der Waals surface area contributed by atoms with Crippen molar-refractivity contribution in [2.75, 3.05) is 12.4 Å². The number of hydrogen-bond acceptors (Lipinski definition) is 3. The number of thiol groups is 1. The molecular weight excluding hydrogens is 208 g/mol. The van der Waals surface area contributed by atoms with E-state index in [1.165, 1.54) is 12.8 Å². The van der Waals surface area contributed by atoms with Crippen molar-refractivity contribution in [3.63, 3.8) is 0 Å². The van der Waals surface area contributed by atoms with Crippen molar-refractivity contribution in [2.45, 2.75) is 33.2 Å². The predicted molar refractivity (Wildman–Crippen MR) is 65.6 cm³/mol. The summed E-state index contributed by atoms with van der Waals surface area (Å²) in [6, 6.07) is 0. The average Bonchev–Trinajstić information content (AvgIpc) is 2.72. The molecule has 0 fully saturated rings. The zero-order valence-electron chi connectivity index (χ0n) is 9.52. The van der Waals surface area contributed by atoms with E-state index in [4.69, 9.17) is 4.74 Å². The number of aromatic nitrogens is 2. The molecule has 0 aromatic carbocycles. The molecule has 4 heteroatoms. The van der Waals surface area contributed by atoms with Crippen LogP contribution in [-0.4, -0.2) is 22.1 Å².